The van der Waals surface area contributed by atoms with Crippen molar-refractivity contribution in [3.8, 4) is 5.75 Å². The summed E-state index contributed by atoms with van der Waals surface area (Å²) in [4.78, 5) is 12.3. The van der Waals surface area contributed by atoms with Gasteiger partial charge in [0.25, 0.3) is 0 Å². The molecule has 4 heteroatoms. The average molecular weight is 305 g/mol. The molecule has 1 atom stereocenters. The van der Waals surface area contributed by atoms with Gasteiger partial charge < -0.3 is 15.2 Å². The molecular weight excluding hydrogens is 278 g/mol. The highest BCUT2D eigenvalue weighted by Crippen LogP contribution is 2.27. The molecule has 122 valence electrons. The van der Waals surface area contributed by atoms with E-state index in [1.165, 1.54) is 19.3 Å². The number of benzene rings is 1. The van der Waals surface area contributed by atoms with Crippen LogP contribution in [-0.2, 0) is 11.2 Å². The molecule has 0 spiro atoms. The fourth-order valence-electron chi connectivity index (χ4n) is 3.33. The Labute approximate surface area is 132 Å². The maximum absolute atomic E-state index is 12.3. The Morgan fingerprint density at radius 3 is 2.82 bits per heavy atom. The van der Waals surface area contributed by atoms with E-state index in [4.69, 9.17) is 4.74 Å². The van der Waals surface area contributed by atoms with Gasteiger partial charge in [-0.2, -0.15) is 0 Å². The Balaban J connectivity index is 1.92. The number of ether oxygens (including phenoxy) is 1. The van der Waals surface area contributed by atoms with Crippen molar-refractivity contribution >= 4 is 5.91 Å². The van der Waals surface area contributed by atoms with Gasteiger partial charge in [0.15, 0.2) is 0 Å². The molecule has 1 saturated carbocycles. The number of amides is 1. The molecule has 2 N–H and O–H groups in total. The first kappa shape index (κ1) is 16.8. The lowest BCUT2D eigenvalue weighted by Gasteiger charge is -2.30. The smallest absolute Gasteiger partial charge is 0.224 e. The fraction of sp³-hybridized carbons (Fsp3) is 0.611. The molecule has 1 unspecified atom stereocenters. The summed E-state index contributed by atoms with van der Waals surface area (Å²) in [5, 5.41) is 12.4. The number of carbonyl (C=O) groups excluding carboxylic acids is 1. The summed E-state index contributed by atoms with van der Waals surface area (Å²) in [6.07, 6.45) is 7.07. The highest BCUT2D eigenvalue weighted by atomic mass is 16.5. The molecule has 1 aliphatic carbocycles. The van der Waals surface area contributed by atoms with Gasteiger partial charge in [-0.1, -0.05) is 31.4 Å². The predicted octanol–water partition coefficient (Wildman–Crippen LogP) is 2.69. The van der Waals surface area contributed by atoms with Crippen LogP contribution in [0.1, 0.15) is 44.1 Å². The van der Waals surface area contributed by atoms with Crippen LogP contribution in [0.15, 0.2) is 24.3 Å². The van der Waals surface area contributed by atoms with Crippen molar-refractivity contribution in [1.29, 1.82) is 0 Å². The van der Waals surface area contributed by atoms with Crippen LogP contribution in [0.3, 0.4) is 0 Å². The Morgan fingerprint density at radius 2 is 2.14 bits per heavy atom. The van der Waals surface area contributed by atoms with Crippen molar-refractivity contribution in [2.24, 2.45) is 5.92 Å². The Kier molecular flexibility index (Phi) is 6.72. The minimum atomic E-state index is 0.0253. The fourth-order valence-corrected chi connectivity index (χ4v) is 3.33. The molecule has 0 aromatic heterocycles. The van der Waals surface area contributed by atoms with Crippen molar-refractivity contribution in [3.05, 3.63) is 29.8 Å². The largest absolute Gasteiger partial charge is 0.497 e. The van der Waals surface area contributed by atoms with Crippen LogP contribution in [-0.4, -0.2) is 30.8 Å². The summed E-state index contributed by atoms with van der Waals surface area (Å²) in [5.74, 6) is 1.30. The van der Waals surface area contributed by atoms with Crippen LogP contribution >= 0.6 is 0 Å². The molecule has 0 heterocycles. The highest BCUT2D eigenvalue weighted by Gasteiger charge is 2.24. The molecule has 4 nitrogen and oxygen atoms in total. The van der Waals surface area contributed by atoms with E-state index in [-0.39, 0.29) is 18.6 Å². The molecular formula is C18H27NO3. The quantitative estimate of drug-likeness (QED) is 0.814. The molecule has 2 rings (SSSR count). The van der Waals surface area contributed by atoms with Crippen LogP contribution < -0.4 is 10.1 Å². The predicted molar refractivity (Wildman–Crippen MR) is 86.9 cm³/mol. The summed E-state index contributed by atoms with van der Waals surface area (Å²) in [6.45, 7) is 0.126. The van der Waals surface area contributed by atoms with Gasteiger partial charge in [0.1, 0.15) is 5.75 Å². The van der Waals surface area contributed by atoms with Gasteiger partial charge in [-0.15, -0.1) is 0 Å². The Hall–Kier alpha value is -1.55. The second kappa shape index (κ2) is 8.79. The number of nitrogens with one attached hydrogen (secondary N) is 1. The van der Waals surface area contributed by atoms with E-state index < -0.39 is 0 Å². The van der Waals surface area contributed by atoms with Gasteiger partial charge in [-0.05, 0) is 42.9 Å². The van der Waals surface area contributed by atoms with E-state index >= 15 is 0 Å². The van der Waals surface area contributed by atoms with Crippen molar-refractivity contribution in [1.82, 2.24) is 5.32 Å². The maximum Gasteiger partial charge on any atom is 0.224 e. The van der Waals surface area contributed by atoms with Crippen molar-refractivity contribution < 1.29 is 14.6 Å². The third-order valence-electron chi connectivity index (χ3n) is 4.50. The van der Waals surface area contributed by atoms with E-state index in [0.717, 1.165) is 24.2 Å². The first-order valence-corrected chi connectivity index (χ1v) is 8.26. The normalized spacial score (nSPS) is 17.0. The minimum Gasteiger partial charge on any atom is -0.497 e. The number of rotatable bonds is 7. The van der Waals surface area contributed by atoms with E-state index in [0.29, 0.717) is 18.8 Å². The first-order valence-electron chi connectivity index (χ1n) is 8.26. The molecule has 0 radical (unpaired) electrons. The average Bonchev–Trinajstić information content (AvgIpc) is 2.55. The van der Waals surface area contributed by atoms with E-state index in [1.807, 2.05) is 24.3 Å². The molecule has 1 amide bonds. The van der Waals surface area contributed by atoms with Crippen molar-refractivity contribution in [2.45, 2.75) is 51.0 Å². The van der Waals surface area contributed by atoms with Gasteiger partial charge in [-0.25, -0.2) is 0 Å². The number of hydrogen-bond donors (Lipinski definition) is 2. The number of hydrogen-bond acceptors (Lipinski definition) is 3. The third kappa shape index (κ3) is 5.02. The van der Waals surface area contributed by atoms with Crippen molar-refractivity contribution in [2.75, 3.05) is 13.7 Å². The Morgan fingerprint density at radius 1 is 1.36 bits per heavy atom. The van der Waals surface area contributed by atoms with Gasteiger partial charge in [-0.3, -0.25) is 4.79 Å². The lowest BCUT2D eigenvalue weighted by atomic mass is 9.82. The summed E-state index contributed by atoms with van der Waals surface area (Å²) < 4.78 is 5.19. The molecule has 1 aliphatic rings. The van der Waals surface area contributed by atoms with Crippen LogP contribution in [0.25, 0.3) is 0 Å². The molecule has 1 fully saturated rings. The number of aliphatic hydroxyl groups excluding tert-OH is 1. The number of aliphatic hydroxyl groups is 1. The third-order valence-corrected chi connectivity index (χ3v) is 4.50. The minimum absolute atomic E-state index is 0.0253. The second-order valence-corrected chi connectivity index (χ2v) is 6.11. The van der Waals surface area contributed by atoms with Gasteiger partial charge >= 0.3 is 0 Å². The topological polar surface area (TPSA) is 58.6 Å². The first-order chi connectivity index (χ1) is 10.7. The standard InChI is InChI=1S/C18H27NO3/c1-22-16-9-5-6-14(12-16)13-18(21)19-17(10-11-20)15-7-3-2-4-8-15/h5-6,9,12,15,17,20H,2-4,7-8,10-11,13H2,1H3,(H,19,21). The van der Waals surface area contributed by atoms with Crippen molar-refractivity contribution in [3.63, 3.8) is 0 Å². The molecule has 0 bridgehead atoms. The van der Waals surface area contributed by atoms with Gasteiger partial charge in [0.05, 0.1) is 13.5 Å². The zero-order valence-electron chi connectivity index (χ0n) is 13.4. The van der Waals surface area contributed by atoms with Crippen LogP contribution in [0.2, 0.25) is 0 Å². The maximum atomic E-state index is 12.3. The summed E-state index contributed by atoms with van der Waals surface area (Å²) >= 11 is 0. The van der Waals surface area contributed by atoms with E-state index in [2.05, 4.69) is 5.32 Å². The number of methoxy groups -OCH3 is 1. The SMILES string of the molecule is COc1cccc(CC(=O)NC(CCO)C2CCCCC2)c1. The summed E-state index contributed by atoms with van der Waals surface area (Å²) in [5.41, 5.74) is 0.947. The zero-order chi connectivity index (χ0) is 15.8. The lowest BCUT2D eigenvalue weighted by Crippen LogP contribution is -2.42. The van der Waals surface area contributed by atoms with E-state index in [9.17, 15) is 9.90 Å². The monoisotopic (exact) mass is 305 g/mol. The van der Waals surface area contributed by atoms with Crippen LogP contribution in [0, 0.1) is 5.92 Å². The molecule has 0 aliphatic heterocycles. The van der Waals surface area contributed by atoms with Gasteiger partial charge in [0, 0.05) is 12.6 Å². The van der Waals surface area contributed by atoms with E-state index in [1.54, 1.807) is 7.11 Å². The second-order valence-electron chi connectivity index (χ2n) is 6.11. The zero-order valence-corrected chi connectivity index (χ0v) is 13.4. The van der Waals surface area contributed by atoms with Crippen LogP contribution in [0.5, 0.6) is 5.75 Å². The summed E-state index contributed by atoms with van der Waals surface area (Å²) in [7, 11) is 1.62. The summed E-state index contributed by atoms with van der Waals surface area (Å²) in [6, 6.07) is 7.69. The van der Waals surface area contributed by atoms with Crippen LogP contribution in [0.4, 0.5) is 0 Å². The number of carbonyl (C=O) groups is 1. The van der Waals surface area contributed by atoms with Gasteiger partial charge in [0.2, 0.25) is 5.91 Å². The molecule has 0 saturated heterocycles. The Bertz CT molecular complexity index is 469. The molecule has 1 aromatic carbocycles. The molecule has 1 aromatic rings. The molecule has 22 heavy (non-hydrogen) atoms. The highest BCUT2D eigenvalue weighted by molar-refractivity contribution is 5.79. The lowest BCUT2D eigenvalue weighted by molar-refractivity contribution is -0.121.